The molecule has 29 heavy (non-hydrogen) atoms. The molecule has 2 heterocycles. The zero-order valence-electron chi connectivity index (χ0n) is 16.9. The molecule has 2 aromatic rings. The van der Waals surface area contributed by atoms with Gasteiger partial charge in [-0.2, -0.15) is 9.40 Å². The second-order valence-corrected chi connectivity index (χ2v) is 9.67. The number of aromatic nitrogens is 2. The summed E-state index contributed by atoms with van der Waals surface area (Å²) in [4.78, 5) is 13.0. The van der Waals surface area contributed by atoms with Crippen molar-refractivity contribution in [3.05, 3.63) is 46.7 Å². The number of aryl methyl sites for hydroxylation is 2. The molecule has 9 heteroatoms. The second-order valence-electron chi connectivity index (χ2n) is 7.43. The third kappa shape index (κ3) is 4.20. The van der Waals surface area contributed by atoms with E-state index < -0.39 is 15.4 Å². The molecule has 0 amide bonds. The predicted octanol–water partition coefficient (Wildman–Crippen LogP) is 2.96. The Kier molecular flexibility index (Phi) is 6.36. The smallest absolute Gasteiger partial charge is 0.313 e. The number of benzene rings is 1. The number of piperidine rings is 1. The van der Waals surface area contributed by atoms with Crippen LogP contribution < -0.4 is 0 Å². The Balaban J connectivity index is 1.99. The number of carbonyl (C=O) groups is 1. The third-order valence-corrected chi connectivity index (χ3v) is 7.88. The van der Waals surface area contributed by atoms with Crippen molar-refractivity contribution in [3.63, 3.8) is 0 Å². The van der Waals surface area contributed by atoms with E-state index in [0.717, 1.165) is 5.56 Å². The summed E-state index contributed by atoms with van der Waals surface area (Å²) in [5.41, 5.74) is 0.369. The van der Waals surface area contributed by atoms with Crippen LogP contribution in [0.3, 0.4) is 0 Å². The summed E-state index contributed by atoms with van der Waals surface area (Å²) in [6.45, 7) is 3.99. The Morgan fingerprint density at radius 2 is 2.00 bits per heavy atom. The van der Waals surface area contributed by atoms with Crippen molar-refractivity contribution in [2.45, 2.75) is 38.0 Å². The summed E-state index contributed by atoms with van der Waals surface area (Å²) < 4.78 is 34.9. The lowest BCUT2D eigenvalue weighted by molar-refractivity contribution is -0.157. The largest absolute Gasteiger partial charge is 0.466 e. The van der Waals surface area contributed by atoms with Gasteiger partial charge in [-0.05, 0) is 38.7 Å². The van der Waals surface area contributed by atoms with Crippen LogP contribution in [-0.2, 0) is 33.0 Å². The first-order valence-corrected chi connectivity index (χ1v) is 11.4. The molecule has 7 nitrogen and oxygen atoms in total. The minimum atomic E-state index is -3.90. The minimum Gasteiger partial charge on any atom is -0.466 e. The molecule has 1 aliphatic rings. The Bertz CT molecular complexity index is 991. The number of carbonyl (C=O) groups excluding carboxylic acids is 1. The van der Waals surface area contributed by atoms with Gasteiger partial charge in [0.05, 0.1) is 17.7 Å². The van der Waals surface area contributed by atoms with Crippen molar-refractivity contribution in [3.8, 4) is 0 Å². The van der Waals surface area contributed by atoms with Gasteiger partial charge in [0, 0.05) is 20.1 Å². The van der Waals surface area contributed by atoms with E-state index >= 15 is 0 Å². The zero-order valence-corrected chi connectivity index (χ0v) is 18.5. The summed E-state index contributed by atoms with van der Waals surface area (Å²) in [7, 11) is -2.30. The third-order valence-electron chi connectivity index (χ3n) is 5.33. The first-order valence-electron chi connectivity index (χ1n) is 9.61. The van der Waals surface area contributed by atoms with Crippen LogP contribution in [0, 0.1) is 12.3 Å². The van der Waals surface area contributed by atoms with E-state index in [1.54, 1.807) is 20.9 Å². The molecular formula is C20H26ClN3O4S. The number of esters is 1. The summed E-state index contributed by atoms with van der Waals surface area (Å²) >= 11 is 6.23. The number of ether oxygens (including phenoxy) is 1. The predicted molar refractivity (Wildman–Crippen MR) is 110 cm³/mol. The number of rotatable bonds is 6. The average molecular weight is 440 g/mol. The maximum absolute atomic E-state index is 13.4. The molecular weight excluding hydrogens is 414 g/mol. The molecule has 1 aliphatic heterocycles. The highest BCUT2D eigenvalue weighted by atomic mass is 35.5. The molecule has 1 atom stereocenters. The minimum absolute atomic E-state index is 0.000960. The molecule has 1 aromatic heterocycles. The highest BCUT2D eigenvalue weighted by molar-refractivity contribution is 7.89. The number of sulfonamides is 1. The van der Waals surface area contributed by atoms with Gasteiger partial charge in [0.1, 0.15) is 10.0 Å². The normalized spacial score (nSPS) is 20.6. The highest BCUT2D eigenvalue weighted by Gasteiger charge is 2.47. The van der Waals surface area contributed by atoms with E-state index in [-0.39, 0.29) is 29.2 Å². The lowest BCUT2D eigenvalue weighted by Crippen LogP contribution is -2.51. The zero-order chi connectivity index (χ0) is 21.2. The summed E-state index contributed by atoms with van der Waals surface area (Å²) in [5.74, 6) is -0.363. The molecule has 1 aromatic carbocycles. The molecule has 1 fully saturated rings. The summed E-state index contributed by atoms with van der Waals surface area (Å²) in [6.07, 6.45) is 1.53. The van der Waals surface area contributed by atoms with Crippen molar-refractivity contribution in [1.82, 2.24) is 14.1 Å². The molecule has 158 valence electrons. The topological polar surface area (TPSA) is 81.5 Å². The Hall–Kier alpha value is -1.90. The maximum atomic E-state index is 13.4. The van der Waals surface area contributed by atoms with Gasteiger partial charge < -0.3 is 4.74 Å². The van der Waals surface area contributed by atoms with Crippen LogP contribution in [0.25, 0.3) is 0 Å². The lowest BCUT2D eigenvalue weighted by atomic mass is 9.75. The molecule has 1 saturated heterocycles. The molecule has 0 aliphatic carbocycles. The molecule has 0 bridgehead atoms. The maximum Gasteiger partial charge on any atom is 0.313 e. The number of hydrogen-bond acceptors (Lipinski definition) is 5. The Labute approximate surface area is 176 Å². The van der Waals surface area contributed by atoms with Crippen LogP contribution in [-0.4, -0.2) is 48.2 Å². The molecule has 0 saturated carbocycles. The first-order chi connectivity index (χ1) is 13.7. The summed E-state index contributed by atoms with van der Waals surface area (Å²) in [6, 6.07) is 9.60. The van der Waals surface area contributed by atoms with Crippen molar-refractivity contribution in [2.24, 2.45) is 12.5 Å². The van der Waals surface area contributed by atoms with Gasteiger partial charge in [-0.25, -0.2) is 8.42 Å². The number of hydrogen-bond donors (Lipinski definition) is 0. The fraction of sp³-hybridized carbons (Fsp3) is 0.500. The first kappa shape index (κ1) is 21.8. The van der Waals surface area contributed by atoms with Gasteiger partial charge in [-0.3, -0.25) is 9.48 Å². The van der Waals surface area contributed by atoms with Crippen LogP contribution in [0.1, 0.15) is 31.0 Å². The molecule has 3 rings (SSSR count). The Morgan fingerprint density at radius 1 is 1.31 bits per heavy atom. The SMILES string of the molecule is CCOC(=O)C1(Cc2ccccc2)CCCN(S(=O)(=O)c2c(C)nn(C)c2Cl)C1. The molecule has 1 unspecified atom stereocenters. The van der Waals surface area contributed by atoms with Crippen LogP contribution in [0.2, 0.25) is 5.15 Å². The van der Waals surface area contributed by atoms with Gasteiger partial charge in [-0.1, -0.05) is 41.9 Å². The quantitative estimate of drug-likeness (QED) is 0.646. The van der Waals surface area contributed by atoms with E-state index in [0.29, 0.717) is 31.5 Å². The van der Waals surface area contributed by atoms with Crippen LogP contribution >= 0.6 is 11.6 Å². The van der Waals surface area contributed by atoms with Gasteiger partial charge in [-0.15, -0.1) is 0 Å². The van der Waals surface area contributed by atoms with Crippen molar-refractivity contribution in [1.29, 1.82) is 0 Å². The summed E-state index contributed by atoms with van der Waals surface area (Å²) in [5, 5.41) is 4.20. The van der Waals surface area contributed by atoms with Crippen LogP contribution in [0.5, 0.6) is 0 Å². The van der Waals surface area contributed by atoms with Gasteiger partial charge in [0.25, 0.3) is 0 Å². The molecule has 0 spiro atoms. The monoisotopic (exact) mass is 439 g/mol. The average Bonchev–Trinajstić information content (AvgIpc) is 2.95. The van der Waals surface area contributed by atoms with E-state index in [1.165, 1.54) is 8.99 Å². The number of halogens is 1. The lowest BCUT2D eigenvalue weighted by Gasteiger charge is -2.40. The van der Waals surface area contributed by atoms with Gasteiger partial charge >= 0.3 is 5.97 Å². The van der Waals surface area contributed by atoms with E-state index in [2.05, 4.69) is 5.10 Å². The fourth-order valence-corrected chi connectivity index (χ4v) is 6.25. The van der Waals surface area contributed by atoms with Crippen molar-refractivity contribution < 1.29 is 17.9 Å². The molecule has 0 radical (unpaired) electrons. The number of nitrogens with zero attached hydrogens (tertiary/aromatic N) is 3. The van der Waals surface area contributed by atoms with Crippen LogP contribution in [0.4, 0.5) is 0 Å². The standard InChI is InChI=1S/C20H26ClN3O4S/c1-4-28-19(25)20(13-16-9-6-5-7-10-16)11-8-12-24(14-20)29(26,27)17-15(2)22-23(3)18(17)21/h5-7,9-10H,4,8,11-14H2,1-3H3. The fourth-order valence-electron chi connectivity index (χ4n) is 3.98. The second kappa shape index (κ2) is 8.45. The molecule has 0 N–H and O–H groups in total. The highest BCUT2D eigenvalue weighted by Crippen LogP contribution is 2.38. The van der Waals surface area contributed by atoms with Crippen molar-refractivity contribution in [2.75, 3.05) is 19.7 Å². The van der Waals surface area contributed by atoms with E-state index in [1.807, 2.05) is 30.3 Å². The Morgan fingerprint density at radius 3 is 2.59 bits per heavy atom. The van der Waals surface area contributed by atoms with Gasteiger partial charge in [0.2, 0.25) is 10.0 Å². The van der Waals surface area contributed by atoms with Crippen molar-refractivity contribution >= 4 is 27.6 Å². The van der Waals surface area contributed by atoms with Gasteiger partial charge in [0.15, 0.2) is 0 Å². The van der Waals surface area contributed by atoms with E-state index in [9.17, 15) is 13.2 Å². The van der Waals surface area contributed by atoms with E-state index in [4.69, 9.17) is 16.3 Å². The van der Waals surface area contributed by atoms with Crippen LogP contribution in [0.15, 0.2) is 35.2 Å².